The highest BCUT2D eigenvalue weighted by Crippen LogP contribution is 2.30. The van der Waals surface area contributed by atoms with E-state index in [1.54, 1.807) is 6.07 Å². The van der Waals surface area contributed by atoms with Crippen molar-refractivity contribution in [1.29, 1.82) is 0 Å². The molecule has 0 spiro atoms. The molecule has 1 aromatic heterocycles. The molecule has 0 atom stereocenters. The number of hydrogen-bond donors (Lipinski definition) is 0. The summed E-state index contributed by atoms with van der Waals surface area (Å²) in [7, 11) is -1.99. The number of sulfonamides is 1. The Labute approximate surface area is 168 Å². The molecule has 1 saturated heterocycles. The fourth-order valence-corrected chi connectivity index (χ4v) is 5.02. The smallest absolute Gasteiger partial charge is 0.218 e. The maximum absolute atomic E-state index is 14.0. The number of piperazine rings is 1. The Kier molecular flexibility index (Phi) is 5.33. The van der Waals surface area contributed by atoms with E-state index in [1.165, 1.54) is 23.8 Å². The molecule has 2 aromatic carbocycles. The molecule has 4 rings (SSSR count). The van der Waals surface area contributed by atoms with Crippen molar-refractivity contribution in [1.82, 2.24) is 14.3 Å². The first-order valence-electron chi connectivity index (χ1n) is 9.23. The second-order valence-corrected chi connectivity index (χ2v) is 8.80. The van der Waals surface area contributed by atoms with E-state index in [0.29, 0.717) is 42.9 Å². The van der Waals surface area contributed by atoms with Crippen LogP contribution >= 0.6 is 0 Å². The van der Waals surface area contributed by atoms with E-state index in [0.717, 1.165) is 5.56 Å². The number of rotatable bonds is 5. The first-order chi connectivity index (χ1) is 14.0. The van der Waals surface area contributed by atoms with Gasteiger partial charge in [0.05, 0.1) is 18.4 Å². The summed E-state index contributed by atoms with van der Waals surface area (Å²) in [5, 5.41) is 0.673. The Morgan fingerprint density at radius 2 is 1.79 bits per heavy atom. The third-order valence-corrected chi connectivity index (χ3v) is 6.86. The van der Waals surface area contributed by atoms with Gasteiger partial charge in [-0.15, -0.1) is 0 Å². The predicted molar refractivity (Wildman–Crippen MR) is 109 cm³/mol. The van der Waals surface area contributed by atoms with Crippen LogP contribution in [0.5, 0.6) is 5.75 Å². The number of halogens is 1. The van der Waals surface area contributed by atoms with Crippen LogP contribution in [-0.2, 0) is 15.8 Å². The van der Waals surface area contributed by atoms with Crippen LogP contribution in [-0.4, -0.2) is 56.0 Å². The Balaban J connectivity index is 1.53. The molecule has 1 fully saturated rings. The van der Waals surface area contributed by atoms with Crippen LogP contribution in [0.25, 0.3) is 10.9 Å². The van der Waals surface area contributed by atoms with E-state index in [-0.39, 0.29) is 11.5 Å². The van der Waals surface area contributed by atoms with Crippen LogP contribution in [0.1, 0.15) is 5.56 Å². The SMILES string of the molecule is COc1cc2c(N3CCN(S(=O)(=O)Cc4ccccc4)CC3)ncnc2cc1F. The highest BCUT2D eigenvalue weighted by Gasteiger charge is 2.28. The molecule has 1 aliphatic heterocycles. The third kappa shape index (κ3) is 4.01. The zero-order valence-corrected chi connectivity index (χ0v) is 16.8. The Hall–Kier alpha value is -2.78. The molecule has 0 radical (unpaired) electrons. The van der Waals surface area contributed by atoms with Crippen molar-refractivity contribution >= 4 is 26.7 Å². The van der Waals surface area contributed by atoms with Gasteiger partial charge in [-0.05, 0) is 11.6 Å². The summed E-state index contributed by atoms with van der Waals surface area (Å²) < 4.78 is 46.1. The van der Waals surface area contributed by atoms with Gasteiger partial charge in [-0.25, -0.2) is 22.8 Å². The summed E-state index contributed by atoms with van der Waals surface area (Å²) in [6.07, 6.45) is 1.39. The topological polar surface area (TPSA) is 75.6 Å². The third-order valence-electron chi connectivity index (χ3n) is 5.01. The monoisotopic (exact) mass is 416 g/mol. The van der Waals surface area contributed by atoms with Crippen LogP contribution in [0.4, 0.5) is 10.2 Å². The minimum absolute atomic E-state index is 0.0131. The van der Waals surface area contributed by atoms with Gasteiger partial charge in [-0.1, -0.05) is 30.3 Å². The van der Waals surface area contributed by atoms with Crippen LogP contribution in [0, 0.1) is 5.82 Å². The quantitative estimate of drug-likeness (QED) is 0.636. The molecule has 9 heteroatoms. The van der Waals surface area contributed by atoms with Crippen molar-refractivity contribution in [2.75, 3.05) is 38.2 Å². The van der Waals surface area contributed by atoms with Gasteiger partial charge in [-0.2, -0.15) is 4.31 Å². The van der Waals surface area contributed by atoms with Gasteiger partial charge in [-0.3, -0.25) is 0 Å². The molecule has 7 nitrogen and oxygen atoms in total. The molecule has 0 bridgehead atoms. The van der Waals surface area contributed by atoms with Crippen molar-refractivity contribution in [3.8, 4) is 5.75 Å². The average molecular weight is 416 g/mol. The molecule has 0 aliphatic carbocycles. The van der Waals surface area contributed by atoms with Crippen molar-refractivity contribution < 1.29 is 17.5 Å². The Morgan fingerprint density at radius 3 is 2.48 bits per heavy atom. The van der Waals surface area contributed by atoms with E-state index in [1.807, 2.05) is 35.2 Å². The first kappa shape index (κ1) is 19.5. The lowest BCUT2D eigenvalue weighted by atomic mass is 10.2. The van der Waals surface area contributed by atoms with E-state index in [2.05, 4.69) is 9.97 Å². The minimum Gasteiger partial charge on any atom is -0.494 e. The van der Waals surface area contributed by atoms with Crippen LogP contribution < -0.4 is 9.64 Å². The van der Waals surface area contributed by atoms with Gasteiger partial charge in [0.15, 0.2) is 11.6 Å². The van der Waals surface area contributed by atoms with E-state index >= 15 is 0 Å². The van der Waals surface area contributed by atoms with Gasteiger partial charge in [0.2, 0.25) is 10.0 Å². The molecule has 0 N–H and O–H groups in total. The molecule has 152 valence electrons. The van der Waals surface area contributed by atoms with Crippen LogP contribution in [0.3, 0.4) is 0 Å². The largest absolute Gasteiger partial charge is 0.494 e. The molecule has 3 aromatic rings. The Bertz CT molecular complexity index is 1120. The fraction of sp³-hybridized carbons (Fsp3) is 0.300. The van der Waals surface area contributed by atoms with E-state index in [9.17, 15) is 12.8 Å². The maximum atomic E-state index is 14.0. The van der Waals surface area contributed by atoms with Gasteiger partial charge < -0.3 is 9.64 Å². The van der Waals surface area contributed by atoms with Gasteiger partial charge in [0.1, 0.15) is 12.1 Å². The molecular weight excluding hydrogens is 395 g/mol. The van der Waals surface area contributed by atoms with Crippen molar-refractivity contribution in [2.45, 2.75) is 5.75 Å². The first-order valence-corrected chi connectivity index (χ1v) is 10.8. The second kappa shape index (κ2) is 7.92. The highest BCUT2D eigenvalue weighted by atomic mass is 32.2. The van der Waals surface area contributed by atoms with Gasteiger partial charge in [0.25, 0.3) is 0 Å². The number of anilines is 1. The zero-order chi connectivity index (χ0) is 20.4. The number of fused-ring (bicyclic) bond motifs is 1. The lowest BCUT2D eigenvalue weighted by molar-refractivity contribution is 0.383. The summed E-state index contributed by atoms with van der Waals surface area (Å²) in [5.41, 5.74) is 1.25. The average Bonchev–Trinajstić information content (AvgIpc) is 2.73. The number of benzene rings is 2. The summed E-state index contributed by atoms with van der Waals surface area (Å²) in [4.78, 5) is 10.5. The molecule has 29 heavy (non-hydrogen) atoms. The van der Waals surface area contributed by atoms with Crippen molar-refractivity contribution in [3.05, 3.63) is 60.2 Å². The van der Waals surface area contributed by atoms with Gasteiger partial charge >= 0.3 is 0 Å². The normalized spacial score (nSPS) is 15.6. The summed E-state index contributed by atoms with van der Waals surface area (Å²) in [5.74, 6) is 0.272. The molecule has 2 heterocycles. The lowest BCUT2D eigenvalue weighted by Gasteiger charge is -2.35. The molecule has 1 aliphatic rings. The molecular formula is C20H21FN4O3S. The molecule has 0 saturated carbocycles. The van der Waals surface area contributed by atoms with Crippen molar-refractivity contribution in [2.24, 2.45) is 0 Å². The van der Waals surface area contributed by atoms with Crippen LogP contribution in [0.2, 0.25) is 0 Å². The van der Waals surface area contributed by atoms with E-state index in [4.69, 9.17) is 4.74 Å². The zero-order valence-electron chi connectivity index (χ0n) is 16.0. The number of nitrogens with zero attached hydrogens (tertiary/aromatic N) is 4. The number of hydrogen-bond acceptors (Lipinski definition) is 6. The summed E-state index contributed by atoms with van der Waals surface area (Å²) in [6, 6.07) is 12.1. The predicted octanol–water partition coefficient (Wildman–Crippen LogP) is 2.43. The number of methoxy groups -OCH3 is 1. The standard InChI is InChI=1S/C20H21FN4O3S/c1-28-19-11-16-18(12-17(19)21)22-14-23-20(16)24-7-9-25(10-8-24)29(26,27)13-15-5-3-2-4-6-15/h2-6,11-12,14H,7-10,13H2,1H3. The van der Waals surface area contributed by atoms with Crippen LogP contribution in [0.15, 0.2) is 48.8 Å². The fourth-order valence-electron chi connectivity index (χ4n) is 3.51. The summed E-state index contributed by atoms with van der Waals surface area (Å²) in [6.45, 7) is 1.69. The minimum atomic E-state index is -3.40. The van der Waals surface area contributed by atoms with Crippen molar-refractivity contribution in [3.63, 3.8) is 0 Å². The number of aromatic nitrogens is 2. The highest BCUT2D eigenvalue weighted by molar-refractivity contribution is 7.88. The number of ether oxygens (including phenoxy) is 1. The maximum Gasteiger partial charge on any atom is 0.218 e. The van der Waals surface area contributed by atoms with Gasteiger partial charge in [0, 0.05) is 37.6 Å². The Morgan fingerprint density at radius 1 is 1.07 bits per heavy atom. The molecule has 0 amide bonds. The summed E-state index contributed by atoms with van der Waals surface area (Å²) >= 11 is 0. The van der Waals surface area contributed by atoms with E-state index < -0.39 is 15.8 Å². The second-order valence-electron chi connectivity index (χ2n) is 6.83. The lowest BCUT2D eigenvalue weighted by Crippen LogP contribution is -2.49. The molecule has 0 unspecified atom stereocenters.